The summed E-state index contributed by atoms with van der Waals surface area (Å²) in [6.07, 6.45) is 3.96. The Hall–Kier alpha value is -4.53. The van der Waals surface area contributed by atoms with Crippen molar-refractivity contribution >= 4 is 28.3 Å². The zero-order chi connectivity index (χ0) is 28.2. The Labute approximate surface area is 225 Å². The summed E-state index contributed by atoms with van der Waals surface area (Å²) in [4.78, 5) is 39.3. The molecule has 0 spiro atoms. The number of carbonyl (C=O) groups is 3. The number of phenols is 2. The molecule has 3 aromatic rings. The number of aromatic nitrogens is 1. The van der Waals surface area contributed by atoms with Gasteiger partial charge in [-0.1, -0.05) is 0 Å². The molecule has 0 fully saturated rings. The molecule has 0 amide bonds. The van der Waals surface area contributed by atoms with E-state index in [-0.39, 0.29) is 39.5 Å². The number of carbonyl (C=O) groups excluding carboxylic acids is 3. The zero-order valence-electron chi connectivity index (χ0n) is 22.5. The van der Waals surface area contributed by atoms with Gasteiger partial charge in [0.25, 0.3) is 0 Å². The first-order chi connectivity index (χ1) is 18.5. The van der Waals surface area contributed by atoms with Crippen LogP contribution in [0.5, 0.6) is 23.0 Å². The van der Waals surface area contributed by atoms with Crippen molar-refractivity contribution in [1.29, 1.82) is 0 Å². The number of methoxy groups -OCH3 is 1. The van der Waals surface area contributed by atoms with Crippen LogP contribution in [-0.4, -0.2) is 45.8 Å². The van der Waals surface area contributed by atoms with Gasteiger partial charge in [-0.05, 0) is 58.4 Å². The molecule has 1 aromatic heterocycles. The van der Waals surface area contributed by atoms with E-state index in [2.05, 4.69) is 9.88 Å². The average Bonchev–Trinajstić information content (AvgIpc) is 3.43. The van der Waals surface area contributed by atoms with Gasteiger partial charge in [-0.2, -0.15) is 0 Å². The van der Waals surface area contributed by atoms with Gasteiger partial charge in [-0.15, -0.1) is 0 Å². The van der Waals surface area contributed by atoms with Gasteiger partial charge in [0.15, 0.2) is 17.3 Å². The summed E-state index contributed by atoms with van der Waals surface area (Å²) in [6, 6.07) is 7.93. The SMILES string of the molecule is COc1ccc2c(ccn2CCCNC(C)=C2C(=O)C=C3Oc4c(C(C)=O)c(O)c(C)c(O)c4C3(C)C2=O)c1. The van der Waals surface area contributed by atoms with Gasteiger partial charge in [0.2, 0.25) is 0 Å². The number of aromatic hydroxyl groups is 2. The second kappa shape index (κ2) is 9.34. The number of ether oxygens (including phenoxy) is 2. The van der Waals surface area contributed by atoms with E-state index >= 15 is 0 Å². The highest BCUT2D eigenvalue weighted by Gasteiger charge is 2.56. The van der Waals surface area contributed by atoms with Crippen molar-refractivity contribution in [2.75, 3.05) is 13.7 Å². The Balaban J connectivity index is 1.40. The van der Waals surface area contributed by atoms with Crippen molar-refractivity contribution in [3.63, 3.8) is 0 Å². The molecule has 0 saturated carbocycles. The molecule has 2 aromatic carbocycles. The number of phenolic OH excluding ortho intramolecular Hbond substituents is 2. The minimum Gasteiger partial charge on any atom is -0.507 e. The summed E-state index contributed by atoms with van der Waals surface area (Å²) in [5, 5.41) is 25.7. The molecule has 0 bridgehead atoms. The highest BCUT2D eigenvalue weighted by Crippen LogP contribution is 2.57. The molecule has 5 rings (SSSR count). The highest BCUT2D eigenvalue weighted by molar-refractivity contribution is 6.31. The van der Waals surface area contributed by atoms with Crippen molar-refractivity contribution in [1.82, 2.24) is 9.88 Å². The Morgan fingerprint density at radius 3 is 2.59 bits per heavy atom. The maximum absolute atomic E-state index is 13.9. The van der Waals surface area contributed by atoms with Crippen LogP contribution in [0.15, 0.2) is 53.6 Å². The van der Waals surface area contributed by atoms with Crippen molar-refractivity contribution in [2.24, 2.45) is 0 Å². The van der Waals surface area contributed by atoms with Crippen LogP contribution in [0.1, 0.15) is 48.7 Å². The predicted molar refractivity (Wildman–Crippen MR) is 144 cm³/mol. The summed E-state index contributed by atoms with van der Waals surface area (Å²) in [5.41, 5.74) is -0.0587. The Kier molecular flexibility index (Phi) is 6.25. The molecule has 202 valence electrons. The van der Waals surface area contributed by atoms with E-state index in [0.29, 0.717) is 12.2 Å². The molecule has 1 atom stereocenters. The summed E-state index contributed by atoms with van der Waals surface area (Å²) in [6.45, 7) is 7.17. The minimum atomic E-state index is -1.53. The summed E-state index contributed by atoms with van der Waals surface area (Å²) in [7, 11) is 1.63. The standard InChI is InChI=1S/C30H30N2O7/c1-15-26(35)24(17(3)33)28-25(27(15)36)30(4)22(39-28)14-21(34)23(29(30)37)16(2)31-10-6-11-32-12-9-18-13-19(38-5)7-8-20(18)32/h7-9,12-14,31,35-36H,6,10-11H2,1-5H3. The van der Waals surface area contributed by atoms with Crippen molar-refractivity contribution in [3.8, 4) is 23.0 Å². The number of allylic oxidation sites excluding steroid dienone is 4. The molecule has 3 N–H and O–H groups in total. The predicted octanol–water partition coefficient (Wildman–Crippen LogP) is 4.21. The van der Waals surface area contributed by atoms with Gasteiger partial charge in [0.05, 0.1) is 18.2 Å². The quantitative estimate of drug-likeness (QED) is 0.179. The highest BCUT2D eigenvalue weighted by atomic mass is 16.5. The molecule has 9 nitrogen and oxygen atoms in total. The maximum atomic E-state index is 13.9. The number of nitrogens with one attached hydrogen (secondary N) is 1. The molecule has 2 heterocycles. The summed E-state index contributed by atoms with van der Waals surface area (Å²) < 4.78 is 13.2. The fourth-order valence-corrected chi connectivity index (χ4v) is 5.48. The van der Waals surface area contributed by atoms with Gasteiger partial charge in [-0.3, -0.25) is 14.4 Å². The fourth-order valence-electron chi connectivity index (χ4n) is 5.48. The molecular formula is C30H30N2O7. The normalized spacial score (nSPS) is 19.4. The van der Waals surface area contributed by atoms with Gasteiger partial charge in [0.1, 0.15) is 39.7 Å². The first-order valence-corrected chi connectivity index (χ1v) is 12.7. The number of rotatable bonds is 7. The van der Waals surface area contributed by atoms with E-state index < -0.39 is 28.5 Å². The molecule has 1 aliphatic heterocycles. The molecule has 1 unspecified atom stereocenters. The van der Waals surface area contributed by atoms with E-state index in [1.165, 1.54) is 19.9 Å². The van der Waals surface area contributed by atoms with Crippen LogP contribution in [0.4, 0.5) is 0 Å². The second-order valence-electron chi connectivity index (χ2n) is 10.1. The first-order valence-electron chi connectivity index (χ1n) is 12.7. The van der Waals surface area contributed by atoms with Crippen molar-refractivity contribution in [3.05, 3.63) is 70.3 Å². The first kappa shape index (κ1) is 26.1. The average molecular weight is 531 g/mol. The van der Waals surface area contributed by atoms with Gasteiger partial charge in [0, 0.05) is 47.5 Å². The lowest BCUT2D eigenvalue weighted by Crippen LogP contribution is -2.41. The van der Waals surface area contributed by atoms with E-state index in [1.54, 1.807) is 21.0 Å². The number of aryl methyl sites for hydroxylation is 1. The molecule has 1 aliphatic carbocycles. The lowest BCUT2D eigenvalue weighted by Gasteiger charge is -2.29. The second-order valence-corrected chi connectivity index (χ2v) is 10.1. The minimum absolute atomic E-state index is 0.0166. The third-order valence-electron chi connectivity index (χ3n) is 7.70. The van der Waals surface area contributed by atoms with Crippen LogP contribution >= 0.6 is 0 Å². The molecule has 39 heavy (non-hydrogen) atoms. The largest absolute Gasteiger partial charge is 0.507 e. The molecule has 0 radical (unpaired) electrons. The monoisotopic (exact) mass is 530 g/mol. The third-order valence-corrected chi connectivity index (χ3v) is 7.70. The zero-order valence-corrected chi connectivity index (χ0v) is 22.5. The van der Waals surface area contributed by atoms with Crippen LogP contribution in [0, 0.1) is 6.92 Å². The van der Waals surface area contributed by atoms with E-state index in [0.717, 1.165) is 29.6 Å². The molecular weight excluding hydrogens is 500 g/mol. The fraction of sp³-hybridized carbons (Fsp3) is 0.300. The van der Waals surface area contributed by atoms with Crippen LogP contribution < -0.4 is 14.8 Å². The summed E-state index contributed by atoms with van der Waals surface area (Å²) in [5.74, 6) is -1.60. The van der Waals surface area contributed by atoms with Crippen LogP contribution in [0.25, 0.3) is 10.9 Å². The molecule has 2 aliphatic rings. The van der Waals surface area contributed by atoms with Crippen molar-refractivity contribution in [2.45, 2.75) is 46.1 Å². The Morgan fingerprint density at radius 2 is 1.90 bits per heavy atom. The van der Waals surface area contributed by atoms with Gasteiger partial charge < -0.3 is 29.6 Å². The maximum Gasteiger partial charge on any atom is 0.194 e. The lowest BCUT2D eigenvalue weighted by atomic mass is 9.70. The lowest BCUT2D eigenvalue weighted by molar-refractivity contribution is -0.123. The number of hydrogen-bond acceptors (Lipinski definition) is 8. The van der Waals surface area contributed by atoms with Gasteiger partial charge in [-0.25, -0.2) is 0 Å². The topological polar surface area (TPSA) is 127 Å². The number of fused-ring (bicyclic) bond motifs is 4. The van der Waals surface area contributed by atoms with E-state index in [4.69, 9.17) is 9.47 Å². The number of hydrogen-bond donors (Lipinski definition) is 3. The number of Topliss-reactive ketones (excluding diaryl/α,β-unsaturated/α-hetero) is 2. The van der Waals surface area contributed by atoms with E-state index in [1.807, 2.05) is 30.5 Å². The van der Waals surface area contributed by atoms with Crippen LogP contribution in [0.2, 0.25) is 0 Å². The number of nitrogens with zero attached hydrogens (tertiary/aromatic N) is 1. The van der Waals surface area contributed by atoms with Gasteiger partial charge >= 0.3 is 0 Å². The Morgan fingerprint density at radius 1 is 1.15 bits per heavy atom. The number of benzene rings is 2. The third kappa shape index (κ3) is 3.88. The summed E-state index contributed by atoms with van der Waals surface area (Å²) >= 11 is 0. The van der Waals surface area contributed by atoms with Crippen LogP contribution in [-0.2, 0) is 21.5 Å². The van der Waals surface area contributed by atoms with Crippen LogP contribution in [0.3, 0.4) is 0 Å². The molecule has 9 heteroatoms. The number of ketones is 3. The van der Waals surface area contributed by atoms with Crippen molar-refractivity contribution < 1.29 is 34.1 Å². The molecule has 0 saturated heterocycles. The smallest absolute Gasteiger partial charge is 0.194 e. The van der Waals surface area contributed by atoms with E-state index in [9.17, 15) is 24.6 Å². The Bertz CT molecular complexity index is 1640.